The molecule has 0 aromatic rings. The lowest BCUT2D eigenvalue weighted by atomic mass is 10.1. The SMILES string of the molecule is CC(C)C(=O)CCOCCCC(=O)OC(C)(C)C. The maximum Gasteiger partial charge on any atom is 0.306 e. The Morgan fingerprint density at radius 1 is 1.06 bits per heavy atom. The highest BCUT2D eigenvalue weighted by molar-refractivity contribution is 5.80. The first kappa shape index (κ1) is 17.1. The highest BCUT2D eigenvalue weighted by Crippen LogP contribution is 2.09. The van der Waals surface area contributed by atoms with Crippen LogP contribution in [-0.4, -0.2) is 30.6 Å². The van der Waals surface area contributed by atoms with Crippen LogP contribution in [-0.2, 0) is 19.1 Å². The first-order valence-electron chi connectivity index (χ1n) is 6.54. The number of hydrogen-bond donors (Lipinski definition) is 0. The van der Waals surface area contributed by atoms with Crippen LogP contribution in [0.15, 0.2) is 0 Å². The Morgan fingerprint density at radius 2 is 1.67 bits per heavy atom. The van der Waals surface area contributed by atoms with Crippen molar-refractivity contribution in [2.45, 2.75) is 59.5 Å². The third-order valence-electron chi connectivity index (χ3n) is 2.23. The van der Waals surface area contributed by atoms with E-state index in [0.717, 1.165) is 0 Å². The zero-order valence-corrected chi connectivity index (χ0v) is 12.2. The maximum atomic E-state index is 11.4. The summed E-state index contributed by atoms with van der Waals surface area (Å²) in [5.41, 5.74) is -0.429. The van der Waals surface area contributed by atoms with Crippen molar-refractivity contribution in [3.8, 4) is 0 Å². The van der Waals surface area contributed by atoms with Crippen LogP contribution < -0.4 is 0 Å². The first-order valence-corrected chi connectivity index (χ1v) is 6.54. The van der Waals surface area contributed by atoms with Crippen LogP contribution in [0.4, 0.5) is 0 Å². The van der Waals surface area contributed by atoms with Gasteiger partial charge < -0.3 is 9.47 Å². The third kappa shape index (κ3) is 10.3. The van der Waals surface area contributed by atoms with Crippen molar-refractivity contribution in [2.24, 2.45) is 5.92 Å². The molecule has 0 amide bonds. The molecule has 0 fully saturated rings. The molecule has 0 aliphatic carbocycles. The smallest absolute Gasteiger partial charge is 0.306 e. The van der Waals surface area contributed by atoms with Gasteiger partial charge in [0.05, 0.1) is 6.61 Å². The number of hydrogen-bond acceptors (Lipinski definition) is 4. The topological polar surface area (TPSA) is 52.6 Å². The van der Waals surface area contributed by atoms with E-state index in [0.29, 0.717) is 32.5 Å². The molecule has 0 aromatic heterocycles. The van der Waals surface area contributed by atoms with Gasteiger partial charge in [-0.25, -0.2) is 0 Å². The summed E-state index contributed by atoms with van der Waals surface area (Å²) < 4.78 is 10.5. The zero-order valence-electron chi connectivity index (χ0n) is 12.2. The quantitative estimate of drug-likeness (QED) is 0.496. The Balaban J connectivity index is 3.46. The van der Waals surface area contributed by atoms with Gasteiger partial charge in [0.2, 0.25) is 0 Å². The Morgan fingerprint density at radius 3 is 2.17 bits per heavy atom. The van der Waals surface area contributed by atoms with Crippen molar-refractivity contribution in [2.75, 3.05) is 13.2 Å². The number of ether oxygens (including phenoxy) is 2. The number of Topliss-reactive ketones (excluding diaryl/α,β-unsaturated/α-hetero) is 1. The van der Waals surface area contributed by atoms with Gasteiger partial charge in [-0.3, -0.25) is 9.59 Å². The van der Waals surface area contributed by atoms with E-state index in [2.05, 4.69) is 0 Å². The van der Waals surface area contributed by atoms with Crippen molar-refractivity contribution in [1.29, 1.82) is 0 Å². The Labute approximate surface area is 110 Å². The molecule has 0 atom stereocenters. The number of esters is 1. The first-order chi connectivity index (χ1) is 8.22. The van der Waals surface area contributed by atoms with Crippen molar-refractivity contribution >= 4 is 11.8 Å². The van der Waals surface area contributed by atoms with E-state index in [-0.39, 0.29) is 17.7 Å². The second-order valence-electron chi connectivity index (χ2n) is 5.67. The number of ketones is 1. The highest BCUT2D eigenvalue weighted by Gasteiger charge is 2.15. The minimum Gasteiger partial charge on any atom is -0.460 e. The fourth-order valence-corrected chi connectivity index (χ4v) is 1.27. The average Bonchev–Trinajstić information content (AvgIpc) is 2.19. The monoisotopic (exact) mass is 258 g/mol. The van der Waals surface area contributed by atoms with Gasteiger partial charge in [0.1, 0.15) is 11.4 Å². The van der Waals surface area contributed by atoms with Gasteiger partial charge >= 0.3 is 5.97 Å². The molecule has 0 unspecified atom stereocenters. The molecule has 0 saturated carbocycles. The Kier molecular flexibility index (Phi) is 7.83. The highest BCUT2D eigenvalue weighted by atomic mass is 16.6. The molecule has 0 rings (SSSR count). The van der Waals surface area contributed by atoms with E-state index < -0.39 is 5.60 Å². The summed E-state index contributed by atoms with van der Waals surface area (Å²) >= 11 is 0. The molecule has 0 heterocycles. The van der Waals surface area contributed by atoms with Gasteiger partial charge in [0.25, 0.3) is 0 Å². The number of carbonyl (C=O) groups is 2. The van der Waals surface area contributed by atoms with Crippen LogP contribution in [0.5, 0.6) is 0 Å². The Bertz CT molecular complexity index is 263. The molecule has 0 saturated heterocycles. The van der Waals surface area contributed by atoms with Crippen LogP contribution in [0.1, 0.15) is 53.9 Å². The molecular formula is C14H26O4. The van der Waals surface area contributed by atoms with Crippen molar-refractivity contribution in [1.82, 2.24) is 0 Å². The van der Waals surface area contributed by atoms with E-state index >= 15 is 0 Å². The largest absolute Gasteiger partial charge is 0.460 e. The predicted octanol–water partition coefficient (Wildman–Crippen LogP) is 2.74. The summed E-state index contributed by atoms with van der Waals surface area (Å²) in [6.45, 7) is 10.2. The van der Waals surface area contributed by atoms with E-state index in [4.69, 9.17) is 9.47 Å². The van der Waals surface area contributed by atoms with Crippen LogP contribution in [0, 0.1) is 5.92 Å². The van der Waals surface area contributed by atoms with Crippen molar-refractivity contribution in [3.05, 3.63) is 0 Å². The van der Waals surface area contributed by atoms with Crippen LogP contribution in [0.3, 0.4) is 0 Å². The lowest BCUT2D eigenvalue weighted by Gasteiger charge is -2.19. The fourth-order valence-electron chi connectivity index (χ4n) is 1.27. The van der Waals surface area contributed by atoms with Gasteiger partial charge in [0.15, 0.2) is 0 Å². The molecule has 0 bridgehead atoms. The summed E-state index contributed by atoms with van der Waals surface area (Å²) in [5, 5.41) is 0. The van der Waals surface area contributed by atoms with Gasteiger partial charge in [-0.05, 0) is 27.2 Å². The van der Waals surface area contributed by atoms with Gasteiger partial charge in [-0.2, -0.15) is 0 Å². The standard InChI is InChI=1S/C14H26O4/c1-11(2)12(15)8-10-17-9-6-7-13(16)18-14(3,4)5/h11H,6-10H2,1-5H3. The zero-order chi connectivity index (χ0) is 14.2. The second-order valence-corrected chi connectivity index (χ2v) is 5.67. The molecule has 4 heteroatoms. The molecule has 18 heavy (non-hydrogen) atoms. The molecule has 0 aliphatic rings. The molecule has 106 valence electrons. The van der Waals surface area contributed by atoms with E-state index in [1.54, 1.807) is 0 Å². The summed E-state index contributed by atoms with van der Waals surface area (Å²) in [6, 6.07) is 0. The van der Waals surface area contributed by atoms with E-state index in [1.165, 1.54) is 0 Å². The molecular weight excluding hydrogens is 232 g/mol. The molecule has 4 nitrogen and oxygen atoms in total. The Hall–Kier alpha value is -0.900. The molecule has 0 aliphatic heterocycles. The fraction of sp³-hybridized carbons (Fsp3) is 0.857. The number of carbonyl (C=O) groups excluding carboxylic acids is 2. The lowest BCUT2D eigenvalue weighted by Crippen LogP contribution is -2.23. The molecule has 0 N–H and O–H groups in total. The van der Waals surface area contributed by atoms with Crippen LogP contribution in [0.25, 0.3) is 0 Å². The summed E-state index contributed by atoms with van der Waals surface area (Å²) in [6.07, 6.45) is 1.43. The second kappa shape index (κ2) is 8.25. The molecule has 0 spiro atoms. The van der Waals surface area contributed by atoms with E-state index in [1.807, 2.05) is 34.6 Å². The molecule has 0 radical (unpaired) electrons. The van der Waals surface area contributed by atoms with Gasteiger partial charge in [-0.15, -0.1) is 0 Å². The number of rotatable bonds is 8. The third-order valence-corrected chi connectivity index (χ3v) is 2.23. The molecule has 0 aromatic carbocycles. The normalized spacial score (nSPS) is 11.7. The summed E-state index contributed by atoms with van der Waals surface area (Å²) in [4.78, 5) is 22.6. The van der Waals surface area contributed by atoms with Crippen LogP contribution >= 0.6 is 0 Å². The van der Waals surface area contributed by atoms with E-state index in [9.17, 15) is 9.59 Å². The van der Waals surface area contributed by atoms with Gasteiger partial charge in [-0.1, -0.05) is 13.8 Å². The minimum atomic E-state index is -0.429. The summed E-state index contributed by atoms with van der Waals surface area (Å²) in [7, 11) is 0. The van der Waals surface area contributed by atoms with Crippen LogP contribution in [0.2, 0.25) is 0 Å². The van der Waals surface area contributed by atoms with Crippen molar-refractivity contribution < 1.29 is 19.1 Å². The average molecular weight is 258 g/mol. The lowest BCUT2D eigenvalue weighted by molar-refractivity contribution is -0.155. The predicted molar refractivity (Wildman–Crippen MR) is 70.4 cm³/mol. The maximum absolute atomic E-state index is 11.4. The summed E-state index contributed by atoms with van der Waals surface area (Å²) in [5.74, 6) is 0.0712. The minimum absolute atomic E-state index is 0.0652. The van der Waals surface area contributed by atoms with Crippen molar-refractivity contribution in [3.63, 3.8) is 0 Å². The van der Waals surface area contributed by atoms with Gasteiger partial charge in [0, 0.05) is 25.4 Å².